The smallest absolute Gasteiger partial charge is 0.276 e. The zero-order valence-electron chi connectivity index (χ0n) is 13.9. The van der Waals surface area contributed by atoms with Crippen LogP contribution in [0.3, 0.4) is 0 Å². The van der Waals surface area contributed by atoms with Crippen molar-refractivity contribution in [1.29, 1.82) is 0 Å². The van der Waals surface area contributed by atoms with Crippen molar-refractivity contribution >= 4 is 21.8 Å². The second-order valence-electron chi connectivity index (χ2n) is 6.05. The van der Waals surface area contributed by atoms with E-state index in [-0.39, 0.29) is 12.0 Å². The highest BCUT2D eigenvalue weighted by Gasteiger charge is 2.29. The van der Waals surface area contributed by atoms with Gasteiger partial charge >= 0.3 is 0 Å². The third kappa shape index (κ3) is 3.40. The number of aromatic nitrogens is 3. The van der Waals surface area contributed by atoms with Crippen LogP contribution in [-0.2, 0) is 4.74 Å². The molecule has 1 aliphatic heterocycles. The lowest BCUT2D eigenvalue weighted by molar-refractivity contribution is -0.0230. The zero-order valence-corrected chi connectivity index (χ0v) is 15.5. The summed E-state index contributed by atoms with van der Waals surface area (Å²) in [6.07, 6.45) is -0.145. The maximum Gasteiger partial charge on any atom is 0.276 e. The first kappa shape index (κ1) is 16.9. The van der Waals surface area contributed by atoms with Gasteiger partial charge in [0.25, 0.3) is 5.91 Å². The molecule has 7 heteroatoms. The number of hydrogen-bond donors (Lipinski definition) is 1. The highest BCUT2D eigenvalue weighted by atomic mass is 79.9. The van der Waals surface area contributed by atoms with Gasteiger partial charge in [0.2, 0.25) is 0 Å². The molecular weight excluding hydrogens is 396 g/mol. The maximum absolute atomic E-state index is 13.0. The molecule has 0 spiro atoms. The van der Waals surface area contributed by atoms with E-state index in [4.69, 9.17) is 4.74 Å². The minimum Gasteiger partial charge on any atom is -0.370 e. The topological polar surface area (TPSA) is 71.1 Å². The Balaban J connectivity index is 1.55. The Morgan fingerprint density at radius 2 is 1.88 bits per heavy atom. The Bertz CT molecular complexity index is 895. The lowest BCUT2D eigenvalue weighted by Crippen LogP contribution is -2.42. The summed E-state index contributed by atoms with van der Waals surface area (Å²) in [6, 6.07) is 17.6. The molecule has 2 heterocycles. The van der Waals surface area contributed by atoms with Gasteiger partial charge in [0, 0.05) is 16.6 Å². The number of aromatic amines is 1. The molecule has 0 bridgehead atoms. The molecule has 0 aliphatic carbocycles. The van der Waals surface area contributed by atoms with Crippen LogP contribution >= 0.6 is 15.9 Å². The third-order valence-corrected chi connectivity index (χ3v) is 4.92. The molecule has 1 amide bonds. The maximum atomic E-state index is 13.0. The first-order valence-electron chi connectivity index (χ1n) is 8.35. The molecule has 2 aromatic carbocycles. The number of amides is 1. The van der Waals surface area contributed by atoms with Crippen LogP contribution in [0.2, 0.25) is 0 Å². The van der Waals surface area contributed by atoms with Crippen molar-refractivity contribution < 1.29 is 9.53 Å². The third-order valence-electron chi connectivity index (χ3n) is 4.39. The minimum absolute atomic E-state index is 0.136. The number of morpholine rings is 1. The van der Waals surface area contributed by atoms with E-state index in [0.29, 0.717) is 31.1 Å². The molecule has 1 aromatic heterocycles. The van der Waals surface area contributed by atoms with Crippen LogP contribution in [0.5, 0.6) is 0 Å². The van der Waals surface area contributed by atoms with Crippen molar-refractivity contribution in [3.63, 3.8) is 0 Å². The predicted molar refractivity (Wildman–Crippen MR) is 101 cm³/mol. The second-order valence-corrected chi connectivity index (χ2v) is 6.96. The zero-order chi connectivity index (χ0) is 17.9. The van der Waals surface area contributed by atoms with Crippen molar-refractivity contribution in [2.24, 2.45) is 0 Å². The number of carbonyl (C=O) groups is 1. The van der Waals surface area contributed by atoms with E-state index in [9.17, 15) is 4.79 Å². The first-order chi connectivity index (χ1) is 12.7. The summed E-state index contributed by atoms with van der Waals surface area (Å²) in [5.74, 6) is -0.136. The van der Waals surface area contributed by atoms with Crippen molar-refractivity contribution in [2.75, 3.05) is 19.7 Å². The van der Waals surface area contributed by atoms with Crippen LogP contribution in [0.25, 0.3) is 11.3 Å². The van der Waals surface area contributed by atoms with Gasteiger partial charge in [0.1, 0.15) is 11.8 Å². The average Bonchev–Trinajstić information content (AvgIpc) is 3.18. The van der Waals surface area contributed by atoms with Gasteiger partial charge < -0.3 is 9.64 Å². The number of rotatable bonds is 3. The molecule has 1 N–H and O–H groups in total. The van der Waals surface area contributed by atoms with Crippen molar-refractivity contribution in [1.82, 2.24) is 20.3 Å². The molecule has 6 nitrogen and oxygen atoms in total. The van der Waals surface area contributed by atoms with Gasteiger partial charge in [-0.05, 0) is 17.7 Å². The molecule has 1 saturated heterocycles. The Hall–Kier alpha value is -2.51. The molecule has 132 valence electrons. The summed E-state index contributed by atoms with van der Waals surface area (Å²) in [5, 5.41) is 10.9. The monoisotopic (exact) mass is 412 g/mol. The number of H-pyrrole nitrogens is 1. The fourth-order valence-corrected chi connectivity index (χ4v) is 3.30. The predicted octanol–water partition coefficient (Wildman–Crippen LogP) is 3.45. The van der Waals surface area contributed by atoms with Crippen LogP contribution in [0.4, 0.5) is 0 Å². The summed E-state index contributed by atoms with van der Waals surface area (Å²) in [5.41, 5.74) is 2.83. The Kier molecular flexibility index (Phi) is 4.81. The Morgan fingerprint density at radius 3 is 2.65 bits per heavy atom. The Labute approximate surface area is 159 Å². The molecule has 3 aromatic rings. The molecule has 26 heavy (non-hydrogen) atoms. The van der Waals surface area contributed by atoms with Crippen LogP contribution in [-0.4, -0.2) is 45.9 Å². The molecule has 1 aliphatic rings. The molecule has 1 atom stereocenters. The standard InChI is InChI=1S/C19H17BrN4O2/c20-15-8-6-13(7-9-15)16-12-24(10-11-26-16)19(25)18-17(21-23-22-18)14-4-2-1-3-5-14/h1-9,16H,10-12H2,(H,21,22,23). The van der Waals surface area contributed by atoms with E-state index in [2.05, 4.69) is 31.3 Å². The lowest BCUT2D eigenvalue weighted by Gasteiger charge is -2.33. The normalized spacial score (nSPS) is 17.3. The van der Waals surface area contributed by atoms with Gasteiger partial charge in [0.15, 0.2) is 5.69 Å². The van der Waals surface area contributed by atoms with Gasteiger partial charge in [-0.3, -0.25) is 4.79 Å². The van der Waals surface area contributed by atoms with E-state index < -0.39 is 0 Å². The van der Waals surface area contributed by atoms with Crippen molar-refractivity contribution in [3.05, 3.63) is 70.3 Å². The molecule has 0 radical (unpaired) electrons. The molecule has 0 saturated carbocycles. The van der Waals surface area contributed by atoms with E-state index in [1.807, 2.05) is 54.6 Å². The first-order valence-corrected chi connectivity index (χ1v) is 9.14. The Morgan fingerprint density at radius 1 is 1.12 bits per heavy atom. The van der Waals surface area contributed by atoms with E-state index in [1.165, 1.54) is 0 Å². The molecule has 1 unspecified atom stereocenters. The molecule has 4 rings (SSSR count). The van der Waals surface area contributed by atoms with Crippen LogP contribution in [0.1, 0.15) is 22.2 Å². The minimum atomic E-state index is -0.145. The fourth-order valence-electron chi connectivity index (χ4n) is 3.04. The molecule has 1 fully saturated rings. The summed E-state index contributed by atoms with van der Waals surface area (Å²) in [7, 11) is 0. The van der Waals surface area contributed by atoms with Gasteiger partial charge in [-0.2, -0.15) is 15.4 Å². The van der Waals surface area contributed by atoms with Crippen molar-refractivity contribution in [3.8, 4) is 11.3 Å². The fraction of sp³-hybridized carbons (Fsp3) is 0.211. The van der Waals surface area contributed by atoms with Crippen molar-refractivity contribution in [2.45, 2.75) is 6.10 Å². The highest BCUT2D eigenvalue weighted by Crippen LogP contribution is 2.26. The number of carbonyl (C=O) groups excluding carboxylic acids is 1. The van der Waals surface area contributed by atoms with Gasteiger partial charge in [0.05, 0.1) is 13.2 Å². The van der Waals surface area contributed by atoms with Crippen LogP contribution < -0.4 is 0 Å². The summed E-state index contributed by atoms with van der Waals surface area (Å²) >= 11 is 3.44. The van der Waals surface area contributed by atoms with Crippen LogP contribution in [0, 0.1) is 0 Å². The number of nitrogens with zero attached hydrogens (tertiary/aromatic N) is 3. The summed E-state index contributed by atoms with van der Waals surface area (Å²) < 4.78 is 6.88. The van der Waals surface area contributed by atoms with E-state index in [0.717, 1.165) is 15.6 Å². The largest absolute Gasteiger partial charge is 0.370 e. The average molecular weight is 413 g/mol. The number of nitrogens with one attached hydrogen (secondary N) is 1. The lowest BCUT2D eigenvalue weighted by atomic mass is 10.1. The number of hydrogen-bond acceptors (Lipinski definition) is 4. The quantitative estimate of drug-likeness (QED) is 0.714. The number of ether oxygens (including phenoxy) is 1. The van der Waals surface area contributed by atoms with E-state index in [1.54, 1.807) is 4.90 Å². The molecular formula is C19H17BrN4O2. The van der Waals surface area contributed by atoms with Gasteiger partial charge in [-0.1, -0.05) is 58.4 Å². The van der Waals surface area contributed by atoms with Gasteiger partial charge in [-0.15, -0.1) is 0 Å². The second kappa shape index (κ2) is 7.39. The van der Waals surface area contributed by atoms with E-state index >= 15 is 0 Å². The van der Waals surface area contributed by atoms with Gasteiger partial charge in [-0.25, -0.2) is 0 Å². The highest BCUT2D eigenvalue weighted by molar-refractivity contribution is 9.10. The number of halogens is 1. The summed E-state index contributed by atoms with van der Waals surface area (Å²) in [4.78, 5) is 14.8. The SMILES string of the molecule is O=C(c1n[nH]nc1-c1ccccc1)N1CCOC(c2ccc(Br)cc2)C1. The van der Waals surface area contributed by atoms with Crippen LogP contribution in [0.15, 0.2) is 59.1 Å². The number of benzene rings is 2. The summed E-state index contributed by atoms with van der Waals surface area (Å²) in [6.45, 7) is 1.51.